The van der Waals surface area contributed by atoms with Crippen molar-refractivity contribution in [1.82, 2.24) is 9.71 Å². The van der Waals surface area contributed by atoms with E-state index in [9.17, 15) is 17.6 Å². The maximum atomic E-state index is 14.5. The van der Waals surface area contributed by atoms with Crippen LogP contribution in [0.4, 0.5) is 4.39 Å². The molecule has 1 heterocycles. The highest BCUT2D eigenvalue weighted by Gasteiger charge is 2.22. The van der Waals surface area contributed by atoms with Crippen molar-refractivity contribution in [2.45, 2.75) is 26.4 Å². The van der Waals surface area contributed by atoms with Crippen molar-refractivity contribution in [3.8, 4) is 22.8 Å². The molecule has 2 aromatic carbocycles. The molecule has 0 unspecified atom stereocenters. The third-order valence-corrected chi connectivity index (χ3v) is 5.98. The van der Waals surface area contributed by atoms with Crippen molar-refractivity contribution in [3.05, 3.63) is 77.2 Å². The number of aromatic nitrogens is 1. The predicted octanol–water partition coefficient (Wildman–Crippen LogP) is 4.25. The highest BCUT2D eigenvalue weighted by molar-refractivity contribution is 7.89. The normalized spacial score (nSPS) is 13.4. The molecule has 0 radical (unpaired) electrons. The molecule has 178 valence electrons. The monoisotopic (exact) mass is 484 g/mol. The number of carbonyl (C=O) groups excluding carboxylic acids is 1. The second-order valence-corrected chi connectivity index (χ2v) is 10.1. The maximum absolute atomic E-state index is 14.5. The van der Waals surface area contributed by atoms with Crippen LogP contribution >= 0.6 is 0 Å². The number of halogens is 1. The molecule has 1 fully saturated rings. The Hall–Kier alpha value is -3.46. The van der Waals surface area contributed by atoms with Crippen LogP contribution in [0.1, 0.15) is 34.3 Å². The summed E-state index contributed by atoms with van der Waals surface area (Å²) in [5.41, 5.74) is 2.70. The minimum absolute atomic E-state index is 0.0692. The van der Waals surface area contributed by atoms with Gasteiger partial charge < -0.3 is 9.47 Å². The van der Waals surface area contributed by atoms with Gasteiger partial charge in [0.2, 0.25) is 10.0 Å². The van der Waals surface area contributed by atoms with E-state index >= 15 is 0 Å². The van der Waals surface area contributed by atoms with Gasteiger partial charge in [-0.25, -0.2) is 17.5 Å². The van der Waals surface area contributed by atoms with E-state index in [4.69, 9.17) is 9.47 Å². The fourth-order valence-electron chi connectivity index (χ4n) is 3.38. The van der Waals surface area contributed by atoms with E-state index in [1.165, 1.54) is 25.0 Å². The number of amides is 1. The van der Waals surface area contributed by atoms with Crippen LogP contribution in [0.15, 0.2) is 54.7 Å². The molecule has 1 amide bonds. The summed E-state index contributed by atoms with van der Waals surface area (Å²) in [7, 11) is -3.74. The summed E-state index contributed by atoms with van der Waals surface area (Å²) in [6.45, 7) is 2.61. The number of rotatable bonds is 9. The Kier molecular flexibility index (Phi) is 6.83. The lowest BCUT2D eigenvalue weighted by Crippen LogP contribution is -2.29. The quantitative estimate of drug-likeness (QED) is 0.488. The Bertz CT molecular complexity index is 1320. The summed E-state index contributed by atoms with van der Waals surface area (Å²) in [5, 5.41) is 0. The van der Waals surface area contributed by atoms with Crippen LogP contribution in [0.3, 0.4) is 0 Å². The number of sulfonamides is 1. The van der Waals surface area contributed by atoms with Gasteiger partial charge in [-0.15, -0.1) is 0 Å². The van der Waals surface area contributed by atoms with E-state index in [1.54, 1.807) is 12.3 Å². The van der Waals surface area contributed by atoms with Crippen molar-refractivity contribution in [1.29, 1.82) is 0 Å². The first-order valence-corrected chi connectivity index (χ1v) is 12.7. The van der Waals surface area contributed by atoms with Gasteiger partial charge in [0.1, 0.15) is 23.9 Å². The Morgan fingerprint density at radius 2 is 1.94 bits per heavy atom. The number of pyridine rings is 1. The zero-order chi connectivity index (χ0) is 24.3. The first-order chi connectivity index (χ1) is 16.2. The van der Waals surface area contributed by atoms with Crippen LogP contribution in [-0.2, 0) is 16.6 Å². The zero-order valence-electron chi connectivity index (χ0n) is 18.9. The summed E-state index contributed by atoms with van der Waals surface area (Å²) in [6.07, 6.45) is 5.00. The summed E-state index contributed by atoms with van der Waals surface area (Å²) in [5.74, 6) is 0.422. The topological polar surface area (TPSA) is 94.6 Å². The molecule has 3 aromatic rings. The molecule has 1 aliphatic rings. The van der Waals surface area contributed by atoms with Gasteiger partial charge in [-0.1, -0.05) is 18.2 Å². The number of benzene rings is 2. The summed E-state index contributed by atoms with van der Waals surface area (Å²) in [6, 6.07) is 12.9. The highest BCUT2D eigenvalue weighted by Crippen LogP contribution is 2.33. The number of nitrogens with zero attached hydrogens (tertiary/aromatic N) is 1. The minimum atomic E-state index is -3.74. The van der Waals surface area contributed by atoms with Gasteiger partial charge in [-0.2, -0.15) is 0 Å². The average molecular weight is 485 g/mol. The standard InChI is InChI=1S/C25H25FN2O5S/c1-16-23(33-14-17-6-7-17)10-11-27-24(16)18-4-3-5-21(12-18)32-15-20-9-8-19(13-22(20)26)25(29)28-34(2,30)31/h3-5,8-13,17H,6-7,14-15H2,1-2H3,(H,28,29). The van der Waals surface area contributed by atoms with Gasteiger partial charge in [0.05, 0.1) is 18.6 Å². The fraction of sp³-hybridized carbons (Fsp3) is 0.280. The molecule has 7 nitrogen and oxygen atoms in total. The second-order valence-electron chi connectivity index (χ2n) is 8.36. The number of ether oxygens (including phenoxy) is 2. The molecule has 0 atom stereocenters. The van der Waals surface area contributed by atoms with Crippen molar-refractivity contribution < 1.29 is 27.1 Å². The SMILES string of the molecule is Cc1c(OCC2CC2)ccnc1-c1cccc(OCc2ccc(C(=O)NS(C)(=O)=O)cc2F)c1. The van der Waals surface area contributed by atoms with Gasteiger partial charge in [0.15, 0.2) is 0 Å². The summed E-state index contributed by atoms with van der Waals surface area (Å²) >= 11 is 0. The molecule has 1 aliphatic carbocycles. The largest absolute Gasteiger partial charge is 0.493 e. The Morgan fingerprint density at radius 3 is 2.65 bits per heavy atom. The summed E-state index contributed by atoms with van der Waals surface area (Å²) in [4.78, 5) is 16.4. The molecule has 9 heteroatoms. The third-order valence-electron chi connectivity index (χ3n) is 5.42. The van der Waals surface area contributed by atoms with Crippen molar-refractivity contribution in [2.24, 2.45) is 5.92 Å². The lowest BCUT2D eigenvalue weighted by molar-refractivity contribution is 0.0981. The average Bonchev–Trinajstić information content (AvgIpc) is 3.61. The predicted molar refractivity (Wildman–Crippen MR) is 126 cm³/mol. The molecule has 0 saturated heterocycles. The highest BCUT2D eigenvalue weighted by atomic mass is 32.2. The minimum Gasteiger partial charge on any atom is -0.493 e. The van der Waals surface area contributed by atoms with Crippen LogP contribution in [0, 0.1) is 18.7 Å². The molecule has 0 aliphatic heterocycles. The first-order valence-electron chi connectivity index (χ1n) is 10.8. The van der Waals surface area contributed by atoms with E-state index in [0.717, 1.165) is 34.9 Å². The molecule has 1 saturated carbocycles. The van der Waals surface area contributed by atoms with Gasteiger partial charge in [-0.3, -0.25) is 9.78 Å². The summed E-state index contributed by atoms with van der Waals surface area (Å²) < 4.78 is 50.4. The van der Waals surface area contributed by atoms with E-state index in [0.29, 0.717) is 18.3 Å². The van der Waals surface area contributed by atoms with Crippen LogP contribution in [0.25, 0.3) is 11.3 Å². The smallest absolute Gasteiger partial charge is 0.264 e. The van der Waals surface area contributed by atoms with E-state index in [-0.39, 0.29) is 17.7 Å². The molecule has 1 aromatic heterocycles. The van der Waals surface area contributed by atoms with Crippen LogP contribution in [-0.4, -0.2) is 32.2 Å². The van der Waals surface area contributed by atoms with E-state index < -0.39 is 21.7 Å². The van der Waals surface area contributed by atoms with E-state index in [2.05, 4.69) is 4.98 Å². The molecule has 0 spiro atoms. The molecule has 1 N–H and O–H groups in total. The Labute approximate surface area is 198 Å². The van der Waals surface area contributed by atoms with Crippen molar-refractivity contribution in [2.75, 3.05) is 12.9 Å². The van der Waals surface area contributed by atoms with Crippen molar-refractivity contribution in [3.63, 3.8) is 0 Å². The van der Waals surface area contributed by atoms with Gasteiger partial charge in [0, 0.05) is 28.5 Å². The Morgan fingerprint density at radius 1 is 1.15 bits per heavy atom. The Balaban J connectivity index is 1.45. The van der Waals surface area contributed by atoms with Crippen LogP contribution in [0.5, 0.6) is 11.5 Å². The van der Waals surface area contributed by atoms with Gasteiger partial charge in [0.25, 0.3) is 5.91 Å². The molecule has 34 heavy (non-hydrogen) atoms. The first kappa shape index (κ1) is 23.7. The third kappa shape index (κ3) is 6.11. The molecular weight excluding hydrogens is 459 g/mol. The number of carbonyl (C=O) groups is 1. The number of hydrogen-bond acceptors (Lipinski definition) is 6. The molecular formula is C25H25FN2O5S. The maximum Gasteiger partial charge on any atom is 0.264 e. The lowest BCUT2D eigenvalue weighted by atomic mass is 10.1. The van der Waals surface area contributed by atoms with Crippen LogP contribution < -0.4 is 14.2 Å². The van der Waals surface area contributed by atoms with Crippen LogP contribution in [0.2, 0.25) is 0 Å². The van der Waals surface area contributed by atoms with Crippen molar-refractivity contribution >= 4 is 15.9 Å². The second kappa shape index (κ2) is 9.80. The van der Waals surface area contributed by atoms with Gasteiger partial charge >= 0.3 is 0 Å². The van der Waals surface area contributed by atoms with Gasteiger partial charge in [-0.05, 0) is 56.0 Å². The molecule has 4 rings (SSSR count). The lowest BCUT2D eigenvalue weighted by Gasteiger charge is -2.13. The number of nitrogens with one attached hydrogen (secondary N) is 1. The number of hydrogen-bond donors (Lipinski definition) is 1. The zero-order valence-corrected chi connectivity index (χ0v) is 19.7. The van der Waals surface area contributed by atoms with E-state index in [1.807, 2.05) is 35.9 Å². The molecule has 0 bridgehead atoms. The fourth-order valence-corrected chi connectivity index (χ4v) is 3.84.